The van der Waals surface area contributed by atoms with Gasteiger partial charge in [-0.25, -0.2) is 0 Å². The Morgan fingerprint density at radius 1 is 0.536 bits per heavy atom. The van der Waals surface area contributed by atoms with E-state index in [1.165, 1.54) is 89.9 Å². The standard InChI is InChI=1S/C50H89NO5/c1-4-7-10-13-16-19-22-23-24-25-28-31-34-37-40-43-50(55)56-46(41-38-35-32-29-26-20-17-14-11-8-5-2)44-49(54)51-47(45-52)48(53)42-39-36-33-30-27-21-18-15-12-9-6-3/h7,10,13,16,19,22-24,29,32,46-48,52-53H,4-6,8-9,11-12,14-15,17-18,20-21,25-28,30-31,33-45H2,1-3H3,(H,51,54)/b10-7+,16-13+,22-19+,24-23-,32-29-. The molecular formula is C50H89NO5. The number of aliphatic hydroxyl groups is 2. The van der Waals surface area contributed by atoms with Crippen molar-refractivity contribution in [1.82, 2.24) is 5.32 Å². The number of nitrogens with one attached hydrogen (secondary N) is 1. The summed E-state index contributed by atoms with van der Waals surface area (Å²) in [6.45, 7) is 6.30. The second kappa shape index (κ2) is 43.7. The van der Waals surface area contributed by atoms with Crippen molar-refractivity contribution in [3.63, 3.8) is 0 Å². The first kappa shape index (κ1) is 53.6. The number of ether oxygens (including phenoxy) is 1. The molecule has 0 saturated heterocycles. The first-order valence-corrected chi connectivity index (χ1v) is 23.6. The number of carbonyl (C=O) groups is 2. The summed E-state index contributed by atoms with van der Waals surface area (Å²) in [4.78, 5) is 26.0. The first-order valence-electron chi connectivity index (χ1n) is 23.6. The highest BCUT2D eigenvalue weighted by molar-refractivity contribution is 5.77. The molecule has 0 bridgehead atoms. The zero-order valence-corrected chi connectivity index (χ0v) is 36.8. The molecule has 1 amide bonds. The van der Waals surface area contributed by atoms with Gasteiger partial charge < -0.3 is 20.3 Å². The lowest BCUT2D eigenvalue weighted by atomic mass is 10.0. The Morgan fingerprint density at radius 3 is 1.55 bits per heavy atom. The maximum Gasteiger partial charge on any atom is 0.306 e. The number of hydrogen-bond donors (Lipinski definition) is 3. The van der Waals surface area contributed by atoms with Crippen LogP contribution in [0, 0.1) is 0 Å². The fraction of sp³-hybridized carbons (Fsp3) is 0.760. The molecule has 6 heteroatoms. The molecule has 56 heavy (non-hydrogen) atoms. The topological polar surface area (TPSA) is 95.9 Å². The SMILES string of the molecule is CC/C=C/C=C/C=C/C=C\CCCCCCCC(=O)OC(CCC/C=C\CCCCCCCC)CC(=O)NC(CO)C(O)CCCCCCCCCCCCC. The molecule has 0 radical (unpaired) electrons. The fourth-order valence-corrected chi connectivity index (χ4v) is 6.85. The van der Waals surface area contributed by atoms with Crippen LogP contribution in [0.2, 0.25) is 0 Å². The van der Waals surface area contributed by atoms with E-state index in [9.17, 15) is 19.8 Å². The molecule has 0 saturated carbocycles. The van der Waals surface area contributed by atoms with Crippen LogP contribution in [0.1, 0.15) is 220 Å². The third kappa shape index (κ3) is 38.4. The van der Waals surface area contributed by atoms with Gasteiger partial charge in [-0.2, -0.15) is 0 Å². The Hall–Kier alpha value is -2.44. The number of amides is 1. The molecule has 0 aromatic rings. The molecule has 0 fully saturated rings. The predicted octanol–water partition coefficient (Wildman–Crippen LogP) is 13.7. The van der Waals surface area contributed by atoms with Crippen LogP contribution in [0.5, 0.6) is 0 Å². The van der Waals surface area contributed by atoms with Crippen molar-refractivity contribution >= 4 is 11.9 Å². The third-order valence-electron chi connectivity index (χ3n) is 10.4. The van der Waals surface area contributed by atoms with E-state index in [1.807, 2.05) is 18.2 Å². The van der Waals surface area contributed by atoms with E-state index in [1.54, 1.807) is 0 Å². The van der Waals surface area contributed by atoms with Crippen LogP contribution in [-0.4, -0.2) is 46.9 Å². The van der Waals surface area contributed by atoms with Crippen LogP contribution in [-0.2, 0) is 14.3 Å². The molecule has 3 unspecified atom stereocenters. The Balaban J connectivity index is 4.65. The van der Waals surface area contributed by atoms with Crippen LogP contribution in [0.25, 0.3) is 0 Å². The van der Waals surface area contributed by atoms with Crippen molar-refractivity contribution in [1.29, 1.82) is 0 Å². The van der Waals surface area contributed by atoms with Crippen LogP contribution in [0.3, 0.4) is 0 Å². The summed E-state index contributed by atoms with van der Waals surface area (Å²) in [7, 11) is 0. The third-order valence-corrected chi connectivity index (χ3v) is 10.4. The van der Waals surface area contributed by atoms with E-state index in [2.05, 4.69) is 68.6 Å². The number of aliphatic hydroxyl groups excluding tert-OH is 2. The maximum absolute atomic E-state index is 13.1. The van der Waals surface area contributed by atoms with Gasteiger partial charge in [0.1, 0.15) is 6.10 Å². The maximum atomic E-state index is 13.1. The lowest BCUT2D eigenvalue weighted by Crippen LogP contribution is -2.46. The van der Waals surface area contributed by atoms with Gasteiger partial charge >= 0.3 is 5.97 Å². The van der Waals surface area contributed by atoms with Gasteiger partial charge in [-0.05, 0) is 64.2 Å². The quantitative estimate of drug-likeness (QED) is 0.0248. The van der Waals surface area contributed by atoms with Crippen molar-refractivity contribution in [2.24, 2.45) is 0 Å². The minimum Gasteiger partial charge on any atom is -0.462 e. The molecule has 0 aromatic heterocycles. The normalized spacial score (nSPS) is 13.9. The van der Waals surface area contributed by atoms with Crippen molar-refractivity contribution in [3.8, 4) is 0 Å². The minimum atomic E-state index is -0.798. The van der Waals surface area contributed by atoms with E-state index in [0.717, 1.165) is 83.5 Å². The van der Waals surface area contributed by atoms with E-state index in [4.69, 9.17) is 4.74 Å². The smallest absolute Gasteiger partial charge is 0.306 e. The Kier molecular flexibility index (Phi) is 41.8. The number of unbranched alkanes of at least 4 members (excludes halogenated alkanes) is 22. The van der Waals surface area contributed by atoms with Gasteiger partial charge in [0, 0.05) is 6.42 Å². The van der Waals surface area contributed by atoms with Crippen LogP contribution >= 0.6 is 0 Å². The molecule has 0 rings (SSSR count). The zero-order chi connectivity index (χ0) is 41.0. The van der Waals surface area contributed by atoms with Crippen LogP contribution < -0.4 is 5.32 Å². The number of carbonyl (C=O) groups excluding carboxylic acids is 2. The van der Waals surface area contributed by atoms with Gasteiger partial charge in [0.2, 0.25) is 5.91 Å². The number of rotatable bonds is 41. The van der Waals surface area contributed by atoms with E-state index >= 15 is 0 Å². The molecule has 0 aliphatic heterocycles. The van der Waals surface area contributed by atoms with Crippen LogP contribution in [0.15, 0.2) is 60.8 Å². The van der Waals surface area contributed by atoms with Gasteiger partial charge in [-0.3, -0.25) is 9.59 Å². The summed E-state index contributed by atoms with van der Waals surface area (Å²) in [5, 5.41) is 23.6. The van der Waals surface area contributed by atoms with Gasteiger partial charge in [0.25, 0.3) is 0 Å². The molecule has 324 valence electrons. The highest BCUT2D eigenvalue weighted by Crippen LogP contribution is 2.16. The summed E-state index contributed by atoms with van der Waals surface area (Å²) < 4.78 is 5.88. The summed E-state index contributed by atoms with van der Waals surface area (Å²) in [6, 6.07) is -0.714. The van der Waals surface area contributed by atoms with Crippen molar-refractivity contribution in [2.75, 3.05) is 6.61 Å². The summed E-state index contributed by atoms with van der Waals surface area (Å²) >= 11 is 0. The molecule has 3 N–H and O–H groups in total. The highest BCUT2D eigenvalue weighted by Gasteiger charge is 2.24. The van der Waals surface area contributed by atoms with Gasteiger partial charge in [0.15, 0.2) is 0 Å². The fourth-order valence-electron chi connectivity index (χ4n) is 6.85. The van der Waals surface area contributed by atoms with Crippen LogP contribution in [0.4, 0.5) is 0 Å². The van der Waals surface area contributed by atoms with Gasteiger partial charge in [0.05, 0.1) is 25.2 Å². The lowest BCUT2D eigenvalue weighted by Gasteiger charge is -2.24. The van der Waals surface area contributed by atoms with E-state index in [-0.39, 0.29) is 24.9 Å². The zero-order valence-electron chi connectivity index (χ0n) is 36.8. The monoisotopic (exact) mass is 784 g/mol. The summed E-state index contributed by atoms with van der Waals surface area (Å²) in [5.74, 6) is -0.533. The molecule has 0 aliphatic carbocycles. The average Bonchev–Trinajstić information content (AvgIpc) is 3.19. The lowest BCUT2D eigenvalue weighted by molar-refractivity contribution is -0.151. The Morgan fingerprint density at radius 2 is 1.00 bits per heavy atom. The molecule has 3 atom stereocenters. The number of hydrogen-bond acceptors (Lipinski definition) is 5. The first-order chi connectivity index (χ1) is 27.5. The summed E-state index contributed by atoms with van der Waals surface area (Å²) in [5.41, 5.74) is 0. The predicted molar refractivity (Wildman–Crippen MR) is 241 cm³/mol. The molecule has 0 spiro atoms. The Labute approximate surface area is 346 Å². The largest absolute Gasteiger partial charge is 0.462 e. The number of esters is 1. The molecule has 6 nitrogen and oxygen atoms in total. The number of allylic oxidation sites excluding steroid dienone is 10. The van der Waals surface area contributed by atoms with Gasteiger partial charge in [-0.15, -0.1) is 0 Å². The molecule has 0 aliphatic rings. The van der Waals surface area contributed by atoms with E-state index < -0.39 is 18.2 Å². The second-order valence-electron chi connectivity index (χ2n) is 15.9. The molecule has 0 aromatic carbocycles. The average molecular weight is 784 g/mol. The van der Waals surface area contributed by atoms with Crippen molar-refractivity contribution in [3.05, 3.63) is 60.8 Å². The summed E-state index contributed by atoms with van der Waals surface area (Å²) in [6.07, 6.45) is 52.8. The Bertz CT molecular complexity index is 1010. The van der Waals surface area contributed by atoms with Crippen molar-refractivity contribution < 1.29 is 24.5 Å². The minimum absolute atomic E-state index is 0.0454. The molecular weight excluding hydrogens is 695 g/mol. The molecule has 0 heterocycles. The van der Waals surface area contributed by atoms with Gasteiger partial charge in [-0.1, -0.05) is 204 Å². The van der Waals surface area contributed by atoms with E-state index in [0.29, 0.717) is 19.3 Å². The highest BCUT2D eigenvalue weighted by atomic mass is 16.5. The van der Waals surface area contributed by atoms with Crippen molar-refractivity contribution in [2.45, 2.75) is 238 Å². The second-order valence-corrected chi connectivity index (χ2v) is 15.9.